The molecule has 0 radical (unpaired) electrons. The van der Waals surface area contributed by atoms with Crippen molar-refractivity contribution in [1.82, 2.24) is 14.5 Å². The predicted octanol–water partition coefficient (Wildman–Crippen LogP) is 1.22. The fraction of sp³-hybridized carbons (Fsp3) is 0.333. The minimum atomic E-state index is 0.264. The van der Waals surface area contributed by atoms with Crippen LogP contribution in [0.5, 0.6) is 0 Å². The van der Waals surface area contributed by atoms with Crippen molar-refractivity contribution in [3.63, 3.8) is 0 Å². The first-order valence-electron chi connectivity index (χ1n) is 5.54. The van der Waals surface area contributed by atoms with Crippen molar-refractivity contribution in [2.24, 2.45) is 5.73 Å². The highest BCUT2D eigenvalue weighted by molar-refractivity contribution is 5.61. The summed E-state index contributed by atoms with van der Waals surface area (Å²) in [6.45, 7) is 0.976. The Morgan fingerprint density at radius 1 is 1.44 bits per heavy atom. The average Bonchev–Trinajstić information content (AvgIpc) is 2.73. The van der Waals surface area contributed by atoms with Crippen LogP contribution in [-0.2, 0) is 13.0 Å². The largest absolute Gasteiger partial charge is 0.334 e. The normalized spacial score (nSPS) is 19.4. The molecule has 3 heterocycles. The van der Waals surface area contributed by atoms with E-state index in [1.807, 2.05) is 24.7 Å². The van der Waals surface area contributed by atoms with Gasteiger partial charge in [-0.25, -0.2) is 4.98 Å². The molecule has 3 rings (SSSR count). The minimum Gasteiger partial charge on any atom is -0.334 e. The van der Waals surface area contributed by atoms with Crippen molar-refractivity contribution in [3.05, 3.63) is 36.5 Å². The maximum absolute atomic E-state index is 6.00. The Balaban J connectivity index is 2.07. The molecular formula is C12H14N4. The van der Waals surface area contributed by atoms with Gasteiger partial charge in [0, 0.05) is 42.7 Å². The Morgan fingerprint density at radius 2 is 2.38 bits per heavy atom. The van der Waals surface area contributed by atoms with Crippen molar-refractivity contribution in [3.8, 4) is 11.3 Å². The van der Waals surface area contributed by atoms with Crippen molar-refractivity contribution < 1.29 is 0 Å². The van der Waals surface area contributed by atoms with Crippen molar-refractivity contribution in [2.45, 2.75) is 25.4 Å². The Labute approximate surface area is 94.1 Å². The van der Waals surface area contributed by atoms with Crippen molar-refractivity contribution in [1.29, 1.82) is 0 Å². The number of imidazole rings is 1. The van der Waals surface area contributed by atoms with E-state index in [4.69, 9.17) is 5.73 Å². The van der Waals surface area contributed by atoms with Gasteiger partial charge in [0.05, 0.1) is 12.0 Å². The zero-order chi connectivity index (χ0) is 11.0. The molecule has 1 unspecified atom stereocenters. The third-order valence-electron chi connectivity index (χ3n) is 3.08. The highest BCUT2D eigenvalue weighted by Crippen LogP contribution is 2.25. The maximum Gasteiger partial charge on any atom is 0.0956 e. The fourth-order valence-electron chi connectivity index (χ4n) is 2.21. The van der Waals surface area contributed by atoms with Gasteiger partial charge in [0.2, 0.25) is 0 Å². The quantitative estimate of drug-likeness (QED) is 0.776. The SMILES string of the molecule is NC1CCn2cnc(-c3cccnc3)c2C1. The molecule has 0 bridgehead atoms. The molecule has 16 heavy (non-hydrogen) atoms. The van der Waals surface area contributed by atoms with Crippen LogP contribution in [0, 0.1) is 0 Å². The lowest BCUT2D eigenvalue weighted by Crippen LogP contribution is -2.30. The third-order valence-corrected chi connectivity index (χ3v) is 3.08. The summed E-state index contributed by atoms with van der Waals surface area (Å²) in [6, 6.07) is 4.24. The van der Waals surface area contributed by atoms with Crippen LogP contribution in [0.3, 0.4) is 0 Å². The molecule has 1 aliphatic rings. The summed E-state index contributed by atoms with van der Waals surface area (Å²) < 4.78 is 2.20. The van der Waals surface area contributed by atoms with Gasteiger partial charge in [-0.05, 0) is 18.6 Å². The molecule has 0 aromatic carbocycles. The van der Waals surface area contributed by atoms with Gasteiger partial charge in [0.25, 0.3) is 0 Å². The smallest absolute Gasteiger partial charge is 0.0956 e. The highest BCUT2D eigenvalue weighted by Gasteiger charge is 2.20. The summed E-state index contributed by atoms with van der Waals surface area (Å²) in [7, 11) is 0. The van der Waals surface area contributed by atoms with E-state index in [0.717, 1.165) is 30.6 Å². The van der Waals surface area contributed by atoms with E-state index in [9.17, 15) is 0 Å². The predicted molar refractivity (Wildman–Crippen MR) is 61.8 cm³/mol. The van der Waals surface area contributed by atoms with Crippen LogP contribution in [0.25, 0.3) is 11.3 Å². The second-order valence-electron chi connectivity index (χ2n) is 4.23. The van der Waals surface area contributed by atoms with Crippen LogP contribution in [0.4, 0.5) is 0 Å². The van der Waals surface area contributed by atoms with Crippen LogP contribution >= 0.6 is 0 Å². The molecular weight excluding hydrogens is 200 g/mol. The standard InChI is InChI=1S/C12H14N4/c13-10-3-5-16-8-15-12(11(16)6-10)9-2-1-4-14-7-9/h1-2,4,7-8,10H,3,5-6,13H2. The number of aromatic nitrogens is 3. The fourth-order valence-corrected chi connectivity index (χ4v) is 2.21. The zero-order valence-electron chi connectivity index (χ0n) is 9.00. The van der Waals surface area contributed by atoms with Crippen LogP contribution in [0.2, 0.25) is 0 Å². The summed E-state index contributed by atoms with van der Waals surface area (Å²) in [5.41, 5.74) is 9.35. The van der Waals surface area contributed by atoms with E-state index in [-0.39, 0.29) is 6.04 Å². The number of hydrogen-bond donors (Lipinski definition) is 1. The van der Waals surface area contributed by atoms with Crippen LogP contribution in [0.15, 0.2) is 30.9 Å². The lowest BCUT2D eigenvalue weighted by atomic mass is 10.0. The van der Waals surface area contributed by atoms with Gasteiger partial charge in [-0.3, -0.25) is 4.98 Å². The second kappa shape index (κ2) is 3.72. The number of nitrogens with zero attached hydrogens (tertiary/aromatic N) is 3. The molecule has 1 aliphatic heterocycles. The number of hydrogen-bond acceptors (Lipinski definition) is 3. The van der Waals surface area contributed by atoms with Crippen molar-refractivity contribution in [2.75, 3.05) is 0 Å². The van der Waals surface area contributed by atoms with E-state index >= 15 is 0 Å². The summed E-state index contributed by atoms with van der Waals surface area (Å²) in [6.07, 6.45) is 7.48. The topological polar surface area (TPSA) is 56.7 Å². The number of rotatable bonds is 1. The van der Waals surface area contributed by atoms with Gasteiger partial charge < -0.3 is 10.3 Å². The number of fused-ring (bicyclic) bond motifs is 1. The van der Waals surface area contributed by atoms with E-state index in [1.165, 1.54) is 5.69 Å². The van der Waals surface area contributed by atoms with E-state index in [2.05, 4.69) is 14.5 Å². The number of aryl methyl sites for hydroxylation is 1. The van der Waals surface area contributed by atoms with Crippen LogP contribution in [0.1, 0.15) is 12.1 Å². The third kappa shape index (κ3) is 1.51. The van der Waals surface area contributed by atoms with Gasteiger partial charge in [-0.15, -0.1) is 0 Å². The molecule has 4 nitrogen and oxygen atoms in total. The average molecular weight is 214 g/mol. The maximum atomic E-state index is 6.00. The van der Waals surface area contributed by atoms with Gasteiger partial charge in [0.15, 0.2) is 0 Å². The van der Waals surface area contributed by atoms with E-state index < -0.39 is 0 Å². The molecule has 2 aromatic heterocycles. The molecule has 2 aromatic rings. The first-order valence-corrected chi connectivity index (χ1v) is 5.54. The Kier molecular flexibility index (Phi) is 2.22. The first-order chi connectivity index (χ1) is 7.84. The molecule has 0 amide bonds. The van der Waals surface area contributed by atoms with Crippen LogP contribution in [-0.4, -0.2) is 20.6 Å². The Hall–Kier alpha value is -1.68. The lowest BCUT2D eigenvalue weighted by Gasteiger charge is -2.21. The molecule has 0 aliphatic carbocycles. The van der Waals surface area contributed by atoms with Gasteiger partial charge in [-0.1, -0.05) is 0 Å². The van der Waals surface area contributed by atoms with Gasteiger partial charge >= 0.3 is 0 Å². The first kappa shape index (κ1) is 9.54. The van der Waals surface area contributed by atoms with Gasteiger partial charge in [-0.2, -0.15) is 0 Å². The molecule has 1 atom stereocenters. The Bertz CT molecular complexity index is 489. The number of nitrogens with two attached hydrogens (primary N) is 1. The van der Waals surface area contributed by atoms with E-state index in [1.54, 1.807) is 6.20 Å². The summed E-state index contributed by atoms with van der Waals surface area (Å²) in [4.78, 5) is 8.60. The molecule has 4 heteroatoms. The van der Waals surface area contributed by atoms with Crippen LogP contribution < -0.4 is 5.73 Å². The summed E-state index contributed by atoms with van der Waals surface area (Å²) in [5, 5.41) is 0. The highest BCUT2D eigenvalue weighted by atomic mass is 15.1. The second-order valence-corrected chi connectivity index (χ2v) is 4.23. The number of pyridine rings is 1. The Morgan fingerprint density at radius 3 is 3.19 bits per heavy atom. The monoisotopic (exact) mass is 214 g/mol. The molecule has 82 valence electrons. The van der Waals surface area contributed by atoms with Crippen molar-refractivity contribution >= 4 is 0 Å². The molecule has 0 saturated carbocycles. The molecule has 0 saturated heterocycles. The molecule has 0 fully saturated rings. The zero-order valence-corrected chi connectivity index (χ0v) is 9.00. The summed E-state index contributed by atoms with van der Waals surface area (Å²) >= 11 is 0. The minimum absolute atomic E-state index is 0.264. The van der Waals surface area contributed by atoms with Gasteiger partial charge in [0.1, 0.15) is 0 Å². The van der Waals surface area contributed by atoms with E-state index in [0.29, 0.717) is 0 Å². The molecule has 2 N–H and O–H groups in total. The molecule has 0 spiro atoms. The lowest BCUT2D eigenvalue weighted by molar-refractivity contribution is 0.472. The summed E-state index contributed by atoms with van der Waals surface area (Å²) in [5.74, 6) is 0.